The molecule has 132 valence electrons. The van der Waals surface area contributed by atoms with Crippen LogP contribution in [0.25, 0.3) is 0 Å². The molecule has 1 aliphatic heterocycles. The predicted octanol–water partition coefficient (Wildman–Crippen LogP) is 1.41. The van der Waals surface area contributed by atoms with Gasteiger partial charge >= 0.3 is 5.97 Å². The summed E-state index contributed by atoms with van der Waals surface area (Å²) in [5.41, 5.74) is 0.411. The number of carbonyl (C=O) groups is 2. The fourth-order valence-corrected chi connectivity index (χ4v) is 4.52. The molecule has 1 fully saturated rings. The third-order valence-electron chi connectivity index (χ3n) is 4.25. The standard InChI is InChI=1S/C16H22N2O5S/c1-3-17(4-2)15(19)12-7-9-13(10-8-12)24(22,23)18-11-5-6-14(18)16(20)21/h7-10,14H,3-6,11H2,1-2H3,(H,20,21). The molecule has 1 aromatic carbocycles. The van der Waals surface area contributed by atoms with Crippen LogP contribution >= 0.6 is 0 Å². The van der Waals surface area contributed by atoms with Crippen molar-refractivity contribution in [3.63, 3.8) is 0 Å². The van der Waals surface area contributed by atoms with Gasteiger partial charge in [-0.15, -0.1) is 0 Å². The SMILES string of the molecule is CCN(CC)C(=O)c1ccc(S(=O)(=O)N2CCCC2C(=O)O)cc1. The molecular formula is C16H22N2O5S. The van der Waals surface area contributed by atoms with Gasteiger partial charge in [-0.1, -0.05) is 0 Å². The van der Waals surface area contributed by atoms with E-state index in [0.29, 0.717) is 31.5 Å². The van der Waals surface area contributed by atoms with E-state index in [0.717, 1.165) is 4.31 Å². The smallest absolute Gasteiger partial charge is 0.322 e. The molecule has 0 spiro atoms. The molecule has 0 radical (unpaired) electrons. The van der Waals surface area contributed by atoms with E-state index in [1.165, 1.54) is 24.3 Å². The van der Waals surface area contributed by atoms with Gasteiger partial charge in [-0.3, -0.25) is 9.59 Å². The molecule has 0 aromatic heterocycles. The quantitative estimate of drug-likeness (QED) is 0.833. The van der Waals surface area contributed by atoms with E-state index in [4.69, 9.17) is 5.11 Å². The number of sulfonamides is 1. The maximum absolute atomic E-state index is 12.6. The van der Waals surface area contributed by atoms with Gasteiger partial charge in [-0.25, -0.2) is 8.42 Å². The Morgan fingerprint density at radius 1 is 1.21 bits per heavy atom. The van der Waals surface area contributed by atoms with Crippen LogP contribution in [0, 0.1) is 0 Å². The lowest BCUT2D eigenvalue weighted by atomic mass is 10.2. The molecule has 7 nitrogen and oxygen atoms in total. The van der Waals surface area contributed by atoms with Crippen LogP contribution < -0.4 is 0 Å². The number of hydrogen-bond donors (Lipinski definition) is 1. The van der Waals surface area contributed by atoms with E-state index in [1.807, 2.05) is 13.8 Å². The molecule has 0 aliphatic carbocycles. The van der Waals surface area contributed by atoms with Crippen molar-refractivity contribution in [3.8, 4) is 0 Å². The van der Waals surface area contributed by atoms with Gasteiger partial charge in [0.15, 0.2) is 0 Å². The minimum absolute atomic E-state index is 0.00625. The number of aliphatic carboxylic acids is 1. The maximum Gasteiger partial charge on any atom is 0.322 e. The Morgan fingerprint density at radius 3 is 2.29 bits per heavy atom. The molecule has 0 saturated carbocycles. The third-order valence-corrected chi connectivity index (χ3v) is 6.17. The first-order valence-corrected chi connectivity index (χ1v) is 9.40. The second kappa shape index (κ2) is 7.31. The molecule has 1 aliphatic rings. The van der Waals surface area contributed by atoms with Crippen molar-refractivity contribution in [2.75, 3.05) is 19.6 Å². The molecule has 1 unspecified atom stereocenters. The van der Waals surface area contributed by atoms with Crippen LogP contribution in [0.5, 0.6) is 0 Å². The number of hydrogen-bond acceptors (Lipinski definition) is 4. The van der Waals surface area contributed by atoms with Crippen LogP contribution in [0.1, 0.15) is 37.0 Å². The lowest BCUT2D eigenvalue weighted by molar-refractivity contribution is -0.140. The minimum Gasteiger partial charge on any atom is -0.480 e. The molecule has 1 aromatic rings. The molecule has 1 heterocycles. The normalized spacial score (nSPS) is 18.5. The number of carboxylic acids is 1. The second-order valence-electron chi connectivity index (χ2n) is 5.61. The molecule has 1 saturated heterocycles. The largest absolute Gasteiger partial charge is 0.480 e. The van der Waals surface area contributed by atoms with Gasteiger partial charge in [0.2, 0.25) is 10.0 Å². The summed E-state index contributed by atoms with van der Waals surface area (Å²) >= 11 is 0. The molecule has 24 heavy (non-hydrogen) atoms. The van der Waals surface area contributed by atoms with E-state index < -0.39 is 22.0 Å². The highest BCUT2D eigenvalue weighted by molar-refractivity contribution is 7.89. The molecule has 0 bridgehead atoms. The Kier molecular flexibility index (Phi) is 5.61. The van der Waals surface area contributed by atoms with Crippen molar-refractivity contribution < 1.29 is 23.1 Å². The molecule has 1 amide bonds. The van der Waals surface area contributed by atoms with E-state index in [-0.39, 0.29) is 17.3 Å². The maximum atomic E-state index is 12.6. The van der Waals surface area contributed by atoms with Crippen molar-refractivity contribution in [1.29, 1.82) is 0 Å². The summed E-state index contributed by atoms with van der Waals surface area (Å²) < 4.78 is 26.3. The topological polar surface area (TPSA) is 95.0 Å². The van der Waals surface area contributed by atoms with Crippen molar-refractivity contribution in [2.45, 2.75) is 37.6 Å². The number of rotatable bonds is 6. The van der Waals surface area contributed by atoms with Crippen molar-refractivity contribution in [1.82, 2.24) is 9.21 Å². The zero-order valence-electron chi connectivity index (χ0n) is 13.8. The lowest BCUT2D eigenvalue weighted by Gasteiger charge is -2.21. The van der Waals surface area contributed by atoms with E-state index in [1.54, 1.807) is 4.90 Å². The Labute approximate surface area is 141 Å². The van der Waals surface area contributed by atoms with Gasteiger partial charge in [-0.2, -0.15) is 4.31 Å². The first-order valence-electron chi connectivity index (χ1n) is 7.96. The van der Waals surface area contributed by atoms with Crippen LogP contribution in [0.3, 0.4) is 0 Å². The molecule has 8 heteroatoms. The minimum atomic E-state index is -3.88. The zero-order valence-corrected chi connectivity index (χ0v) is 14.6. The summed E-state index contributed by atoms with van der Waals surface area (Å²) in [7, 11) is -3.88. The Balaban J connectivity index is 2.27. The van der Waals surface area contributed by atoms with Crippen molar-refractivity contribution >= 4 is 21.9 Å². The first kappa shape index (κ1) is 18.4. The third kappa shape index (κ3) is 3.44. The van der Waals surface area contributed by atoms with Crippen LogP contribution in [0.4, 0.5) is 0 Å². The van der Waals surface area contributed by atoms with Gasteiger partial charge in [0.05, 0.1) is 4.90 Å². The molecule has 1 N–H and O–H groups in total. The highest BCUT2D eigenvalue weighted by Crippen LogP contribution is 2.26. The number of nitrogens with zero attached hydrogens (tertiary/aromatic N) is 2. The van der Waals surface area contributed by atoms with Gasteiger partial charge < -0.3 is 10.0 Å². The highest BCUT2D eigenvalue weighted by atomic mass is 32.2. The number of carbonyl (C=O) groups excluding carboxylic acids is 1. The average molecular weight is 354 g/mol. The van der Waals surface area contributed by atoms with Gasteiger partial charge in [0, 0.05) is 25.2 Å². The highest BCUT2D eigenvalue weighted by Gasteiger charge is 2.39. The van der Waals surface area contributed by atoms with Crippen LogP contribution in [0.15, 0.2) is 29.2 Å². The van der Waals surface area contributed by atoms with Crippen LogP contribution in [-0.4, -0.2) is 60.3 Å². The fourth-order valence-electron chi connectivity index (χ4n) is 2.87. The summed E-state index contributed by atoms with van der Waals surface area (Å²) in [5, 5.41) is 9.17. The van der Waals surface area contributed by atoms with Crippen molar-refractivity contribution in [3.05, 3.63) is 29.8 Å². The Bertz CT molecular complexity index is 710. The number of amides is 1. The Hall–Kier alpha value is -1.93. The molecule has 1 atom stereocenters. The average Bonchev–Trinajstić information content (AvgIpc) is 3.07. The summed E-state index contributed by atoms with van der Waals surface area (Å²) in [4.78, 5) is 25.1. The monoisotopic (exact) mass is 354 g/mol. The molecular weight excluding hydrogens is 332 g/mol. The van der Waals surface area contributed by atoms with Gasteiger partial charge in [0.1, 0.15) is 6.04 Å². The van der Waals surface area contributed by atoms with E-state index in [9.17, 15) is 18.0 Å². The van der Waals surface area contributed by atoms with Gasteiger partial charge in [0.25, 0.3) is 5.91 Å². The van der Waals surface area contributed by atoms with Crippen LogP contribution in [0.2, 0.25) is 0 Å². The predicted molar refractivity (Wildman–Crippen MR) is 88.2 cm³/mol. The fraction of sp³-hybridized carbons (Fsp3) is 0.500. The second-order valence-corrected chi connectivity index (χ2v) is 7.50. The van der Waals surface area contributed by atoms with Crippen molar-refractivity contribution in [2.24, 2.45) is 0 Å². The zero-order chi connectivity index (χ0) is 17.9. The molecule has 2 rings (SSSR count). The van der Waals surface area contributed by atoms with Gasteiger partial charge in [-0.05, 0) is 51.0 Å². The first-order chi connectivity index (χ1) is 11.3. The summed E-state index contributed by atoms with van der Waals surface area (Å²) in [6.07, 6.45) is 0.835. The summed E-state index contributed by atoms with van der Waals surface area (Å²) in [6, 6.07) is 4.65. The van der Waals surface area contributed by atoms with E-state index >= 15 is 0 Å². The lowest BCUT2D eigenvalue weighted by Crippen LogP contribution is -2.40. The summed E-state index contributed by atoms with van der Waals surface area (Å²) in [5.74, 6) is -1.29. The summed E-state index contributed by atoms with van der Waals surface area (Å²) in [6.45, 7) is 5.09. The number of benzene rings is 1. The number of carboxylic acid groups (broad SMARTS) is 1. The van der Waals surface area contributed by atoms with E-state index in [2.05, 4.69) is 0 Å². The Morgan fingerprint density at radius 2 is 1.79 bits per heavy atom. The van der Waals surface area contributed by atoms with Crippen LogP contribution in [-0.2, 0) is 14.8 Å².